The molecule has 1 saturated heterocycles. The third-order valence-corrected chi connectivity index (χ3v) is 2.46. The Bertz CT molecular complexity index is 348. The van der Waals surface area contributed by atoms with Crippen LogP contribution in [-0.4, -0.2) is 19.2 Å². The molecule has 0 spiro atoms. The van der Waals surface area contributed by atoms with E-state index in [1.807, 2.05) is 24.3 Å². The van der Waals surface area contributed by atoms with E-state index in [4.69, 9.17) is 10.5 Å². The Morgan fingerprint density at radius 3 is 2.67 bits per heavy atom. The first-order valence-electron chi connectivity index (χ1n) is 5.04. The Balaban J connectivity index is 2.17. The van der Waals surface area contributed by atoms with Crippen molar-refractivity contribution in [3.8, 4) is 0 Å². The second-order valence-electron chi connectivity index (χ2n) is 3.49. The van der Waals surface area contributed by atoms with Gasteiger partial charge in [0.2, 0.25) is 0 Å². The molecule has 15 heavy (non-hydrogen) atoms. The number of amides is 1. The van der Waals surface area contributed by atoms with E-state index in [-0.39, 0.29) is 6.09 Å². The fraction of sp³-hybridized carbons (Fsp3) is 0.364. The van der Waals surface area contributed by atoms with Gasteiger partial charge in [0, 0.05) is 18.8 Å². The quantitative estimate of drug-likeness (QED) is 0.797. The Kier molecular flexibility index (Phi) is 2.87. The van der Waals surface area contributed by atoms with Crippen molar-refractivity contribution in [1.29, 1.82) is 0 Å². The molecule has 1 aliphatic rings. The predicted octanol–water partition coefficient (Wildman–Crippen LogP) is 1.49. The maximum atomic E-state index is 11.4. The Labute approximate surface area is 88.6 Å². The molecule has 0 radical (unpaired) electrons. The zero-order chi connectivity index (χ0) is 10.7. The van der Waals surface area contributed by atoms with E-state index >= 15 is 0 Å². The fourth-order valence-corrected chi connectivity index (χ4v) is 1.60. The fourth-order valence-electron chi connectivity index (χ4n) is 1.60. The van der Waals surface area contributed by atoms with Crippen LogP contribution in [0.1, 0.15) is 12.0 Å². The molecule has 1 aliphatic heterocycles. The van der Waals surface area contributed by atoms with Gasteiger partial charge in [-0.15, -0.1) is 0 Å². The van der Waals surface area contributed by atoms with Crippen molar-refractivity contribution >= 4 is 11.8 Å². The molecule has 1 amide bonds. The maximum Gasteiger partial charge on any atom is 0.414 e. The summed E-state index contributed by atoms with van der Waals surface area (Å²) in [5.41, 5.74) is 7.43. The van der Waals surface area contributed by atoms with Crippen LogP contribution in [0, 0.1) is 0 Å². The molecular formula is C11H14N2O2. The van der Waals surface area contributed by atoms with Crippen LogP contribution in [0.5, 0.6) is 0 Å². The van der Waals surface area contributed by atoms with Crippen LogP contribution >= 0.6 is 0 Å². The minimum atomic E-state index is -0.262. The molecule has 0 saturated carbocycles. The Morgan fingerprint density at radius 1 is 1.33 bits per heavy atom. The van der Waals surface area contributed by atoms with Gasteiger partial charge in [0.15, 0.2) is 0 Å². The van der Waals surface area contributed by atoms with E-state index in [2.05, 4.69) is 0 Å². The normalized spacial score (nSPS) is 16.3. The van der Waals surface area contributed by atoms with Crippen LogP contribution in [0.2, 0.25) is 0 Å². The van der Waals surface area contributed by atoms with Gasteiger partial charge in [-0.1, -0.05) is 12.1 Å². The minimum Gasteiger partial charge on any atom is -0.449 e. The second kappa shape index (κ2) is 4.31. The number of hydrogen-bond donors (Lipinski definition) is 1. The molecule has 1 aromatic carbocycles. The van der Waals surface area contributed by atoms with Gasteiger partial charge in [0.25, 0.3) is 0 Å². The molecule has 0 atom stereocenters. The third kappa shape index (κ3) is 2.10. The van der Waals surface area contributed by atoms with Crippen LogP contribution < -0.4 is 10.6 Å². The van der Waals surface area contributed by atoms with E-state index in [9.17, 15) is 4.79 Å². The maximum absolute atomic E-state index is 11.4. The lowest BCUT2D eigenvalue weighted by atomic mass is 10.2. The molecule has 0 unspecified atom stereocenters. The third-order valence-electron chi connectivity index (χ3n) is 2.46. The van der Waals surface area contributed by atoms with Gasteiger partial charge in [-0.05, 0) is 24.1 Å². The molecule has 80 valence electrons. The molecule has 4 nitrogen and oxygen atoms in total. The summed E-state index contributed by atoms with van der Waals surface area (Å²) in [6, 6.07) is 7.65. The molecule has 2 N–H and O–H groups in total. The Hall–Kier alpha value is -1.55. The van der Waals surface area contributed by atoms with Gasteiger partial charge in [-0.25, -0.2) is 4.79 Å². The summed E-state index contributed by atoms with van der Waals surface area (Å²) in [4.78, 5) is 13.1. The van der Waals surface area contributed by atoms with E-state index in [1.165, 1.54) is 0 Å². The van der Waals surface area contributed by atoms with Crippen molar-refractivity contribution in [2.24, 2.45) is 5.73 Å². The first-order valence-corrected chi connectivity index (χ1v) is 5.04. The summed E-state index contributed by atoms with van der Waals surface area (Å²) in [6.45, 7) is 1.77. The average Bonchev–Trinajstić information content (AvgIpc) is 2.30. The van der Waals surface area contributed by atoms with E-state index in [0.717, 1.165) is 24.2 Å². The smallest absolute Gasteiger partial charge is 0.414 e. The van der Waals surface area contributed by atoms with Crippen molar-refractivity contribution in [3.05, 3.63) is 29.8 Å². The summed E-state index contributed by atoms with van der Waals surface area (Å²) in [5.74, 6) is 0. The topological polar surface area (TPSA) is 55.6 Å². The highest BCUT2D eigenvalue weighted by atomic mass is 16.6. The standard InChI is InChI=1S/C11H14N2O2/c12-8-9-2-4-10(5-3-9)13-6-1-7-15-11(13)14/h2-5H,1,6-8,12H2. The monoisotopic (exact) mass is 206 g/mol. The van der Waals surface area contributed by atoms with Crippen molar-refractivity contribution < 1.29 is 9.53 Å². The van der Waals surface area contributed by atoms with Crippen molar-refractivity contribution in [1.82, 2.24) is 0 Å². The van der Waals surface area contributed by atoms with Crippen LogP contribution in [-0.2, 0) is 11.3 Å². The van der Waals surface area contributed by atoms with Crippen molar-refractivity contribution in [2.75, 3.05) is 18.1 Å². The Morgan fingerprint density at radius 2 is 2.07 bits per heavy atom. The van der Waals surface area contributed by atoms with Crippen LogP contribution in [0.25, 0.3) is 0 Å². The molecule has 2 rings (SSSR count). The first-order chi connectivity index (χ1) is 7.31. The number of hydrogen-bond acceptors (Lipinski definition) is 3. The number of carbonyl (C=O) groups excluding carboxylic acids is 1. The molecule has 0 aromatic heterocycles. The molecule has 0 aliphatic carbocycles. The number of nitrogens with zero attached hydrogens (tertiary/aromatic N) is 1. The molecule has 4 heteroatoms. The predicted molar refractivity (Wildman–Crippen MR) is 57.6 cm³/mol. The number of cyclic esters (lactones) is 1. The largest absolute Gasteiger partial charge is 0.449 e. The van der Waals surface area contributed by atoms with E-state index in [0.29, 0.717) is 13.2 Å². The molecule has 1 heterocycles. The average molecular weight is 206 g/mol. The zero-order valence-corrected chi connectivity index (χ0v) is 8.48. The van der Waals surface area contributed by atoms with Gasteiger partial charge < -0.3 is 10.5 Å². The molecule has 1 aromatic rings. The van der Waals surface area contributed by atoms with Crippen molar-refractivity contribution in [2.45, 2.75) is 13.0 Å². The second-order valence-corrected chi connectivity index (χ2v) is 3.49. The highest BCUT2D eigenvalue weighted by Crippen LogP contribution is 2.18. The molecule has 1 fully saturated rings. The van der Waals surface area contributed by atoms with Gasteiger partial charge in [-0.2, -0.15) is 0 Å². The zero-order valence-electron chi connectivity index (χ0n) is 8.48. The summed E-state index contributed by atoms with van der Waals surface area (Å²) >= 11 is 0. The summed E-state index contributed by atoms with van der Waals surface area (Å²) in [6.07, 6.45) is 0.617. The van der Waals surface area contributed by atoms with Gasteiger partial charge in [0.1, 0.15) is 0 Å². The highest BCUT2D eigenvalue weighted by molar-refractivity contribution is 5.88. The molecular weight excluding hydrogens is 192 g/mol. The first kappa shape index (κ1) is 9.98. The van der Waals surface area contributed by atoms with Gasteiger partial charge >= 0.3 is 6.09 Å². The van der Waals surface area contributed by atoms with Crippen LogP contribution in [0.15, 0.2) is 24.3 Å². The van der Waals surface area contributed by atoms with Crippen LogP contribution in [0.4, 0.5) is 10.5 Å². The van der Waals surface area contributed by atoms with Crippen molar-refractivity contribution in [3.63, 3.8) is 0 Å². The highest BCUT2D eigenvalue weighted by Gasteiger charge is 2.20. The summed E-state index contributed by atoms with van der Waals surface area (Å²) < 4.78 is 4.96. The van der Waals surface area contributed by atoms with E-state index < -0.39 is 0 Å². The SMILES string of the molecule is NCc1ccc(N2CCCOC2=O)cc1. The number of benzene rings is 1. The lowest BCUT2D eigenvalue weighted by Gasteiger charge is -2.26. The number of anilines is 1. The summed E-state index contributed by atoms with van der Waals surface area (Å²) in [7, 11) is 0. The molecule has 0 bridgehead atoms. The number of rotatable bonds is 2. The lowest BCUT2D eigenvalue weighted by Crippen LogP contribution is -2.37. The minimum absolute atomic E-state index is 0.262. The van der Waals surface area contributed by atoms with Gasteiger partial charge in [-0.3, -0.25) is 4.90 Å². The summed E-state index contributed by atoms with van der Waals surface area (Å²) in [5, 5.41) is 0. The lowest BCUT2D eigenvalue weighted by molar-refractivity contribution is 0.140. The van der Waals surface area contributed by atoms with Gasteiger partial charge in [0.05, 0.1) is 6.61 Å². The van der Waals surface area contributed by atoms with Crippen LogP contribution in [0.3, 0.4) is 0 Å². The number of nitrogens with two attached hydrogens (primary N) is 1. The number of carbonyl (C=O) groups is 1. The number of ether oxygens (including phenoxy) is 1. The van der Waals surface area contributed by atoms with E-state index in [1.54, 1.807) is 4.90 Å².